The summed E-state index contributed by atoms with van der Waals surface area (Å²) in [6.07, 6.45) is 1.51. The highest BCUT2D eigenvalue weighted by Crippen LogP contribution is 2.41. The molecule has 0 unspecified atom stereocenters. The van der Waals surface area contributed by atoms with Crippen molar-refractivity contribution in [1.82, 2.24) is 14.8 Å². The van der Waals surface area contributed by atoms with Crippen molar-refractivity contribution < 1.29 is 19.1 Å². The number of hydrogen-bond donors (Lipinski definition) is 1. The number of aliphatic hydroxyl groups is 1. The largest absolute Gasteiger partial charge is 0.503 e. The number of thiazole rings is 1. The van der Waals surface area contributed by atoms with Gasteiger partial charge in [0.25, 0.3) is 5.91 Å². The van der Waals surface area contributed by atoms with Gasteiger partial charge < -0.3 is 19.3 Å². The van der Waals surface area contributed by atoms with Crippen LogP contribution in [0.5, 0.6) is 0 Å². The van der Waals surface area contributed by atoms with Crippen LogP contribution in [0, 0.1) is 6.92 Å². The zero-order valence-corrected chi connectivity index (χ0v) is 19.8. The van der Waals surface area contributed by atoms with Gasteiger partial charge in [0.05, 0.1) is 22.4 Å². The van der Waals surface area contributed by atoms with E-state index in [1.807, 2.05) is 30.3 Å². The molecule has 4 rings (SSSR count). The molecule has 8 heteroatoms. The number of carbonyl (C=O) groups is 2. The molecule has 0 bridgehead atoms. The van der Waals surface area contributed by atoms with E-state index in [0.717, 1.165) is 18.7 Å². The van der Waals surface area contributed by atoms with Crippen LogP contribution in [-0.4, -0.2) is 57.8 Å². The zero-order valence-electron chi connectivity index (χ0n) is 18.9. The molecule has 1 atom stereocenters. The van der Waals surface area contributed by atoms with E-state index in [2.05, 4.69) is 23.7 Å². The van der Waals surface area contributed by atoms with Crippen molar-refractivity contribution in [2.45, 2.75) is 26.8 Å². The Balaban J connectivity index is 1.70. The molecule has 0 saturated heterocycles. The van der Waals surface area contributed by atoms with Gasteiger partial charge in [0.15, 0.2) is 5.76 Å². The number of aryl methyl sites for hydroxylation is 1. The number of ketones is 1. The summed E-state index contributed by atoms with van der Waals surface area (Å²) in [5.74, 6) is -1.03. The number of Topliss-reactive ketones (excluding diaryl/α,β-unsaturated/α-hetero) is 1. The lowest BCUT2D eigenvalue weighted by Crippen LogP contribution is -2.38. The Kier molecular flexibility index (Phi) is 6.76. The summed E-state index contributed by atoms with van der Waals surface area (Å²) >= 11 is 1.26. The maximum atomic E-state index is 13.7. The van der Waals surface area contributed by atoms with Gasteiger partial charge in [-0.3, -0.25) is 9.59 Å². The lowest BCUT2D eigenvalue weighted by Gasteiger charge is -2.27. The van der Waals surface area contributed by atoms with Gasteiger partial charge in [0, 0.05) is 18.7 Å². The maximum absolute atomic E-state index is 13.7. The fourth-order valence-corrected chi connectivity index (χ4v) is 5.11. The van der Waals surface area contributed by atoms with Crippen molar-refractivity contribution in [2.24, 2.45) is 0 Å². The molecular formula is C25H27N3O4S. The Morgan fingerprint density at radius 2 is 1.91 bits per heavy atom. The monoisotopic (exact) mass is 465 g/mol. The van der Waals surface area contributed by atoms with Crippen LogP contribution in [0.1, 0.15) is 41.0 Å². The average molecular weight is 466 g/mol. The van der Waals surface area contributed by atoms with Gasteiger partial charge in [-0.25, -0.2) is 4.98 Å². The minimum Gasteiger partial charge on any atom is -0.503 e. The molecule has 7 nitrogen and oxygen atoms in total. The highest BCUT2D eigenvalue weighted by Gasteiger charge is 2.45. The average Bonchev–Trinajstić information content (AvgIpc) is 3.55. The molecule has 2 aromatic heterocycles. The molecule has 0 fully saturated rings. The van der Waals surface area contributed by atoms with Crippen LogP contribution in [0.3, 0.4) is 0 Å². The molecule has 1 aliphatic rings. The van der Waals surface area contributed by atoms with E-state index in [1.54, 1.807) is 19.1 Å². The van der Waals surface area contributed by atoms with Crippen molar-refractivity contribution in [3.63, 3.8) is 0 Å². The maximum Gasteiger partial charge on any atom is 0.290 e. The molecule has 0 spiro atoms. The van der Waals surface area contributed by atoms with Crippen molar-refractivity contribution in [3.8, 4) is 10.6 Å². The molecule has 172 valence electrons. The van der Waals surface area contributed by atoms with E-state index in [-0.39, 0.29) is 5.57 Å². The predicted molar refractivity (Wildman–Crippen MR) is 127 cm³/mol. The molecular weight excluding hydrogens is 438 g/mol. The fourth-order valence-electron chi connectivity index (χ4n) is 4.08. The van der Waals surface area contributed by atoms with Crippen molar-refractivity contribution in [3.05, 3.63) is 76.4 Å². The topological polar surface area (TPSA) is 86.9 Å². The number of rotatable bonds is 9. The number of aliphatic hydroxyl groups excluding tert-OH is 1. The molecule has 3 aromatic rings. The van der Waals surface area contributed by atoms with Crippen LogP contribution in [-0.2, 0) is 4.79 Å². The molecule has 3 heterocycles. The Hall–Kier alpha value is -3.23. The number of furan rings is 1. The Morgan fingerprint density at radius 3 is 2.55 bits per heavy atom. The lowest BCUT2D eigenvalue weighted by atomic mass is 9.99. The third kappa shape index (κ3) is 4.36. The first-order valence-electron chi connectivity index (χ1n) is 11.0. The molecule has 1 N–H and O–H groups in total. The van der Waals surface area contributed by atoms with Crippen LogP contribution in [0.25, 0.3) is 10.6 Å². The van der Waals surface area contributed by atoms with Crippen LogP contribution in [0.2, 0.25) is 0 Å². The number of likely N-dealkylation sites (N-methyl/N-ethyl adjacent to an activating group) is 1. The van der Waals surface area contributed by atoms with Crippen molar-refractivity contribution >= 4 is 23.0 Å². The summed E-state index contributed by atoms with van der Waals surface area (Å²) in [4.78, 5) is 35.4. The summed E-state index contributed by atoms with van der Waals surface area (Å²) in [5.41, 5.74) is 1.52. The zero-order chi connectivity index (χ0) is 23.5. The van der Waals surface area contributed by atoms with Crippen LogP contribution in [0.15, 0.2) is 64.5 Å². The Morgan fingerprint density at radius 1 is 1.18 bits per heavy atom. The second-order valence-corrected chi connectivity index (χ2v) is 8.83. The number of aromatic nitrogens is 1. The number of hydrogen-bond acceptors (Lipinski definition) is 7. The minimum atomic E-state index is -0.780. The number of carbonyl (C=O) groups excluding carboxylic acids is 2. The molecule has 1 aliphatic heterocycles. The van der Waals surface area contributed by atoms with E-state index < -0.39 is 23.5 Å². The molecule has 0 aliphatic carbocycles. The SMILES string of the molecule is CCN(CC)CCN1C(=O)C(O)=C(C(=O)c2sc(-c3ccccc3)nc2C)[C@@H]1c1ccco1. The highest BCUT2D eigenvalue weighted by atomic mass is 32.1. The first-order chi connectivity index (χ1) is 16.0. The van der Waals surface area contributed by atoms with Gasteiger partial charge >= 0.3 is 0 Å². The first kappa shape index (κ1) is 22.9. The molecule has 1 amide bonds. The fraction of sp³-hybridized carbons (Fsp3) is 0.320. The highest BCUT2D eigenvalue weighted by molar-refractivity contribution is 7.17. The van der Waals surface area contributed by atoms with Crippen molar-refractivity contribution in [1.29, 1.82) is 0 Å². The normalized spacial score (nSPS) is 16.3. The van der Waals surface area contributed by atoms with E-state index in [1.165, 1.54) is 22.5 Å². The summed E-state index contributed by atoms with van der Waals surface area (Å²) < 4.78 is 5.61. The van der Waals surface area contributed by atoms with E-state index in [9.17, 15) is 14.7 Å². The van der Waals surface area contributed by atoms with Crippen molar-refractivity contribution in [2.75, 3.05) is 26.2 Å². The van der Waals surface area contributed by atoms with E-state index in [0.29, 0.717) is 34.4 Å². The van der Waals surface area contributed by atoms with Crippen LogP contribution < -0.4 is 0 Å². The smallest absolute Gasteiger partial charge is 0.290 e. The number of amides is 1. The van der Waals surface area contributed by atoms with Gasteiger partial charge in [-0.2, -0.15) is 0 Å². The van der Waals surface area contributed by atoms with Crippen LogP contribution >= 0.6 is 11.3 Å². The van der Waals surface area contributed by atoms with Gasteiger partial charge in [0.2, 0.25) is 5.78 Å². The quantitative estimate of drug-likeness (QED) is 0.464. The second-order valence-electron chi connectivity index (χ2n) is 7.83. The predicted octanol–water partition coefficient (Wildman–Crippen LogP) is 4.63. The third-order valence-electron chi connectivity index (χ3n) is 5.94. The second kappa shape index (κ2) is 9.72. The van der Waals surface area contributed by atoms with E-state index >= 15 is 0 Å². The van der Waals surface area contributed by atoms with Gasteiger partial charge in [-0.15, -0.1) is 11.3 Å². The Bertz CT molecular complexity index is 1160. The minimum absolute atomic E-state index is 0.0425. The summed E-state index contributed by atoms with van der Waals surface area (Å²) in [6, 6.07) is 12.3. The molecule has 1 aromatic carbocycles. The molecule has 0 saturated carbocycles. The van der Waals surface area contributed by atoms with Crippen LogP contribution in [0.4, 0.5) is 0 Å². The third-order valence-corrected chi connectivity index (χ3v) is 7.14. The van der Waals surface area contributed by atoms with Gasteiger partial charge in [-0.1, -0.05) is 44.2 Å². The molecule has 33 heavy (non-hydrogen) atoms. The standard InChI is InChI=1S/C25H27N3O4S/c1-4-27(5-2)13-14-28-20(18-12-9-15-32-18)19(22(30)25(28)31)21(29)23-16(3)26-24(33-23)17-10-7-6-8-11-17/h6-12,15,20,30H,4-5,13-14H2,1-3H3/t20-/m0/s1. The summed E-state index contributed by atoms with van der Waals surface area (Å²) in [5, 5.41) is 11.5. The Labute approximate surface area is 197 Å². The number of nitrogens with zero attached hydrogens (tertiary/aromatic N) is 3. The summed E-state index contributed by atoms with van der Waals surface area (Å²) in [6.45, 7) is 8.56. The number of benzene rings is 1. The molecule has 0 radical (unpaired) electrons. The lowest BCUT2D eigenvalue weighted by molar-refractivity contribution is -0.129. The summed E-state index contributed by atoms with van der Waals surface area (Å²) in [7, 11) is 0. The van der Waals surface area contributed by atoms with Gasteiger partial charge in [-0.05, 0) is 32.1 Å². The first-order valence-corrected chi connectivity index (χ1v) is 11.8. The van der Waals surface area contributed by atoms with Gasteiger partial charge in [0.1, 0.15) is 16.8 Å². The van der Waals surface area contributed by atoms with E-state index in [4.69, 9.17) is 4.42 Å².